The molecule has 0 saturated carbocycles. The second-order valence-electron chi connectivity index (χ2n) is 6.88. The third-order valence-corrected chi connectivity index (χ3v) is 6.12. The molecule has 140 valence electrons. The predicted molar refractivity (Wildman–Crippen MR) is 97.5 cm³/mol. The van der Waals surface area contributed by atoms with Gasteiger partial charge >= 0.3 is 0 Å². The molecule has 2 heterocycles. The molecule has 3 rings (SSSR count). The van der Waals surface area contributed by atoms with Gasteiger partial charge in [0.2, 0.25) is 10.0 Å². The van der Waals surface area contributed by atoms with E-state index in [4.69, 9.17) is 9.26 Å². The van der Waals surface area contributed by atoms with Crippen LogP contribution in [0.4, 0.5) is 5.69 Å². The first-order valence-corrected chi connectivity index (χ1v) is 10.0. The Morgan fingerprint density at radius 1 is 1.35 bits per heavy atom. The summed E-state index contributed by atoms with van der Waals surface area (Å²) in [5.41, 5.74) is 1.50. The zero-order valence-electron chi connectivity index (χ0n) is 14.4. The Balaban J connectivity index is 1.86. The van der Waals surface area contributed by atoms with Crippen LogP contribution in [0.1, 0.15) is 32.0 Å². The van der Waals surface area contributed by atoms with Crippen molar-refractivity contribution in [3.05, 3.63) is 34.1 Å². The van der Waals surface area contributed by atoms with Crippen molar-refractivity contribution in [2.45, 2.75) is 37.6 Å². The first kappa shape index (κ1) is 18.9. The smallest absolute Gasteiger partial charge is 0.262 e. The summed E-state index contributed by atoms with van der Waals surface area (Å²) in [6.45, 7) is 5.79. The lowest BCUT2D eigenvalue weighted by molar-refractivity contribution is -0.118. The molecule has 0 atom stereocenters. The second kappa shape index (κ2) is 6.67. The zero-order chi connectivity index (χ0) is 19.1. The van der Waals surface area contributed by atoms with Crippen LogP contribution in [0.5, 0.6) is 5.75 Å². The van der Waals surface area contributed by atoms with Gasteiger partial charge in [-0.1, -0.05) is 25.9 Å². The number of halogens is 1. The van der Waals surface area contributed by atoms with Crippen molar-refractivity contribution in [3.63, 3.8) is 0 Å². The Morgan fingerprint density at radius 3 is 2.77 bits per heavy atom. The fourth-order valence-electron chi connectivity index (χ4n) is 2.54. The predicted octanol–water partition coefficient (Wildman–Crippen LogP) is 2.54. The molecule has 0 aliphatic carbocycles. The minimum Gasteiger partial charge on any atom is -0.482 e. The molecule has 0 spiro atoms. The summed E-state index contributed by atoms with van der Waals surface area (Å²) in [4.78, 5) is 11.4. The van der Waals surface area contributed by atoms with Crippen LogP contribution >= 0.6 is 15.9 Å². The van der Waals surface area contributed by atoms with Crippen molar-refractivity contribution in [3.8, 4) is 5.75 Å². The summed E-state index contributed by atoms with van der Waals surface area (Å²) in [6, 6.07) is 2.88. The molecule has 0 radical (unpaired) electrons. The summed E-state index contributed by atoms with van der Waals surface area (Å²) >= 11 is 3.24. The van der Waals surface area contributed by atoms with Crippen LogP contribution < -0.4 is 14.8 Å². The van der Waals surface area contributed by atoms with E-state index in [-0.39, 0.29) is 29.4 Å². The van der Waals surface area contributed by atoms with Crippen LogP contribution in [0.2, 0.25) is 0 Å². The maximum Gasteiger partial charge on any atom is 0.262 e. The van der Waals surface area contributed by atoms with Gasteiger partial charge in [0.05, 0.1) is 11.4 Å². The first-order valence-electron chi connectivity index (χ1n) is 7.77. The maximum absolute atomic E-state index is 12.7. The van der Waals surface area contributed by atoms with E-state index < -0.39 is 10.0 Å². The summed E-state index contributed by atoms with van der Waals surface area (Å²) in [5, 5.41) is 6.59. The monoisotopic (exact) mass is 443 g/mol. The Kier molecular flexibility index (Phi) is 4.84. The largest absolute Gasteiger partial charge is 0.482 e. The van der Waals surface area contributed by atoms with E-state index >= 15 is 0 Å². The number of sulfonamides is 1. The van der Waals surface area contributed by atoms with Gasteiger partial charge in [-0.15, -0.1) is 0 Å². The van der Waals surface area contributed by atoms with Crippen molar-refractivity contribution >= 4 is 37.5 Å². The fraction of sp³-hybridized carbons (Fsp3) is 0.375. The van der Waals surface area contributed by atoms with E-state index in [2.05, 4.69) is 31.1 Å². The van der Waals surface area contributed by atoms with E-state index in [1.807, 2.05) is 20.8 Å². The van der Waals surface area contributed by atoms with E-state index in [0.29, 0.717) is 27.2 Å². The molecule has 8 nitrogen and oxygen atoms in total. The molecule has 26 heavy (non-hydrogen) atoms. The molecule has 0 fully saturated rings. The molecule has 2 N–H and O–H groups in total. The molecule has 1 aromatic carbocycles. The Morgan fingerprint density at radius 2 is 2.08 bits per heavy atom. The van der Waals surface area contributed by atoms with Gasteiger partial charge in [-0.05, 0) is 22.0 Å². The summed E-state index contributed by atoms with van der Waals surface area (Å²) in [5.74, 6) is 0.00818. The third kappa shape index (κ3) is 3.76. The Hall–Kier alpha value is -1.91. The highest BCUT2D eigenvalue weighted by Crippen LogP contribution is 2.36. The number of benzene rings is 1. The number of carbonyl (C=O) groups excluding carboxylic acids is 1. The van der Waals surface area contributed by atoms with Crippen molar-refractivity contribution in [1.29, 1.82) is 0 Å². The van der Waals surface area contributed by atoms with Gasteiger partial charge in [-0.3, -0.25) is 4.79 Å². The van der Waals surface area contributed by atoms with Gasteiger partial charge in [0.25, 0.3) is 5.91 Å². The molecule has 1 aliphatic heterocycles. The summed E-state index contributed by atoms with van der Waals surface area (Å²) in [7, 11) is -3.84. The minimum absolute atomic E-state index is 0.0150. The normalized spacial score (nSPS) is 14.5. The topological polar surface area (TPSA) is 111 Å². The standard InChI is InChI=1S/C16H18BrN3O5S/c1-16(2,3)15-9(7-25-20-15)6-18-26(22,23)13-5-12-11(4-10(13)17)19-14(21)8-24-12/h4-5,7,18H,6,8H2,1-3H3,(H,19,21). The number of hydrogen-bond acceptors (Lipinski definition) is 6. The van der Waals surface area contributed by atoms with Crippen molar-refractivity contribution in [2.75, 3.05) is 11.9 Å². The van der Waals surface area contributed by atoms with Gasteiger partial charge in [0.1, 0.15) is 16.9 Å². The lowest BCUT2D eigenvalue weighted by Crippen LogP contribution is -2.27. The molecule has 1 amide bonds. The lowest BCUT2D eigenvalue weighted by atomic mass is 9.90. The van der Waals surface area contributed by atoms with E-state index in [1.54, 1.807) is 0 Å². The number of fused-ring (bicyclic) bond motifs is 1. The number of hydrogen-bond donors (Lipinski definition) is 2. The summed E-state index contributed by atoms with van der Waals surface area (Å²) in [6.07, 6.45) is 1.43. The van der Waals surface area contributed by atoms with Gasteiger partial charge < -0.3 is 14.6 Å². The fourth-order valence-corrected chi connectivity index (χ4v) is 4.60. The van der Waals surface area contributed by atoms with Crippen LogP contribution in [-0.2, 0) is 26.8 Å². The number of nitrogens with zero attached hydrogens (tertiary/aromatic N) is 1. The van der Waals surface area contributed by atoms with E-state index in [0.717, 1.165) is 0 Å². The molecule has 0 unspecified atom stereocenters. The number of amides is 1. The van der Waals surface area contributed by atoms with Crippen molar-refractivity contribution < 1.29 is 22.5 Å². The Labute approximate surface area is 159 Å². The van der Waals surface area contributed by atoms with Gasteiger partial charge in [0, 0.05) is 28.1 Å². The highest BCUT2D eigenvalue weighted by atomic mass is 79.9. The van der Waals surface area contributed by atoms with E-state index in [9.17, 15) is 13.2 Å². The lowest BCUT2D eigenvalue weighted by Gasteiger charge is -2.20. The molecule has 10 heteroatoms. The minimum atomic E-state index is -3.84. The number of anilines is 1. The van der Waals surface area contributed by atoms with Crippen LogP contribution in [0.15, 0.2) is 32.3 Å². The number of carbonyl (C=O) groups is 1. The number of aromatic nitrogens is 1. The third-order valence-electron chi connectivity index (χ3n) is 3.76. The quantitative estimate of drug-likeness (QED) is 0.750. The molecule has 1 aliphatic rings. The SMILES string of the molecule is CC(C)(C)c1nocc1CNS(=O)(=O)c1cc2c(cc1Br)NC(=O)CO2. The maximum atomic E-state index is 12.7. The average molecular weight is 444 g/mol. The average Bonchev–Trinajstić information content (AvgIpc) is 3.01. The molecule has 2 aromatic rings. The first-order chi connectivity index (χ1) is 12.1. The number of nitrogens with one attached hydrogen (secondary N) is 2. The van der Waals surface area contributed by atoms with Crippen LogP contribution in [-0.4, -0.2) is 26.1 Å². The number of ether oxygens (including phenoxy) is 1. The van der Waals surface area contributed by atoms with Crippen molar-refractivity contribution in [2.24, 2.45) is 0 Å². The highest BCUT2D eigenvalue weighted by molar-refractivity contribution is 9.10. The Bertz CT molecular complexity index is 963. The highest BCUT2D eigenvalue weighted by Gasteiger charge is 2.26. The van der Waals surface area contributed by atoms with Gasteiger partial charge in [0.15, 0.2) is 6.61 Å². The molecular weight excluding hydrogens is 426 g/mol. The molecule has 0 saturated heterocycles. The second-order valence-corrected chi connectivity index (χ2v) is 9.47. The molecule has 0 bridgehead atoms. The zero-order valence-corrected chi connectivity index (χ0v) is 16.8. The van der Waals surface area contributed by atoms with Gasteiger partial charge in [-0.2, -0.15) is 0 Å². The molecular formula is C16H18BrN3O5S. The summed E-state index contributed by atoms with van der Waals surface area (Å²) < 4.78 is 38.6. The molecule has 1 aromatic heterocycles. The number of rotatable bonds is 4. The van der Waals surface area contributed by atoms with Crippen LogP contribution in [0, 0.1) is 0 Å². The van der Waals surface area contributed by atoms with Crippen LogP contribution in [0.25, 0.3) is 0 Å². The van der Waals surface area contributed by atoms with E-state index in [1.165, 1.54) is 18.4 Å². The van der Waals surface area contributed by atoms with Crippen molar-refractivity contribution in [1.82, 2.24) is 9.88 Å². The van der Waals surface area contributed by atoms with Crippen LogP contribution in [0.3, 0.4) is 0 Å². The van der Waals surface area contributed by atoms with Gasteiger partial charge in [-0.25, -0.2) is 13.1 Å².